The van der Waals surface area contributed by atoms with Gasteiger partial charge in [-0.1, -0.05) is 0 Å². The largest absolute Gasteiger partial charge is 0.384 e. The number of aromatic amines is 1. The summed E-state index contributed by atoms with van der Waals surface area (Å²) in [5.74, 6) is -0.501. The molecule has 0 aliphatic rings. The summed E-state index contributed by atoms with van der Waals surface area (Å²) in [4.78, 5) is 16.8. The van der Waals surface area contributed by atoms with E-state index in [9.17, 15) is 19.6 Å². The maximum atomic E-state index is 13.3. The molecule has 1 atom stereocenters. The van der Waals surface area contributed by atoms with Crippen molar-refractivity contribution in [3.63, 3.8) is 0 Å². The third-order valence-electron chi connectivity index (χ3n) is 3.24. The van der Waals surface area contributed by atoms with Gasteiger partial charge in [0.1, 0.15) is 17.6 Å². The molecule has 0 spiro atoms. The van der Waals surface area contributed by atoms with Gasteiger partial charge in [-0.05, 0) is 23.8 Å². The Morgan fingerprint density at radius 1 is 1.33 bits per heavy atom. The Balaban J connectivity index is 2.01. The third-order valence-corrected chi connectivity index (χ3v) is 3.24. The lowest BCUT2D eigenvalue weighted by molar-refractivity contribution is -0.384. The van der Waals surface area contributed by atoms with E-state index in [1.165, 1.54) is 30.3 Å². The van der Waals surface area contributed by atoms with Gasteiger partial charge in [0.25, 0.3) is 5.69 Å². The van der Waals surface area contributed by atoms with Crippen molar-refractivity contribution < 1.29 is 14.4 Å². The van der Waals surface area contributed by atoms with Crippen molar-refractivity contribution in [1.29, 1.82) is 0 Å². The molecule has 0 fully saturated rings. The first-order valence-electron chi connectivity index (χ1n) is 6.11. The lowest BCUT2D eigenvalue weighted by atomic mass is 10.0. The first-order valence-corrected chi connectivity index (χ1v) is 6.11. The number of aliphatic hydroxyl groups is 1. The van der Waals surface area contributed by atoms with E-state index in [4.69, 9.17) is 0 Å². The molecule has 0 radical (unpaired) electrons. The van der Waals surface area contributed by atoms with Gasteiger partial charge in [0, 0.05) is 29.3 Å². The molecule has 2 aromatic heterocycles. The second kappa shape index (κ2) is 4.95. The number of rotatable bonds is 3. The maximum Gasteiger partial charge on any atom is 0.269 e. The topological polar surface area (TPSA) is 92.0 Å². The van der Waals surface area contributed by atoms with E-state index in [2.05, 4.69) is 9.97 Å². The smallest absolute Gasteiger partial charge is 0.269 e. The van der Waals surface area contributed by atoms with Crippen molar-refractivity contribution in [3.8, 4) is 0 Å². The summed E-state index contributed by atoms with van der Waals surface area (Å²) in [6, 6.07) is 6.84. The summed E-state index contributed by atoms with van der Waals surface area (Å²) in [7, 11) is 0. The van der Waals surface area contributed by atoms with Crippen LogP contribution >= 0.6 is 0 Å². The highest BCUT2D eigenvalue weighted by molar-refractivity contribution is 5.80. The van der Waals surface area contributed by atoms with Crippen molar-refractivity contribution in [2.45, 2.75) is 6.10 Å². The Morgan fingerprint density at radius 3 is 2.71 bits per heavy atom. The van der Waals surface area contributed by atoms with Crippen LogP contribution in [-0.4, -0.2) is 20.0 Å². The number of halogens is 1. The first-order chi connectivity index (χ1) is 10.1. The van der Waals surface area contributed by atoms with E-state index < -0.39 is 16.8 Å². The van der Waals surface area contributed by atoms with Gasteiger partial charge in [-0.25, -0.2) is 9.37 Å². The van der Waals surface area contributed by atoms with E-state index in [0.29, 0.717) is 22.2 Å². The lowest BCUT2D eigenvalue weighted by Crippen LogP contribution is -1.99. The van der Waals surface area contributed by atoms with Gasteiger partial charge in [0.05, 0.1) is 11.1 Å². The van der Waals surface area contributed by atoms with E-state index >= 15 is 0 Å². The molecule has 2 N–H and O–H groups in total. The average molecular weight is 287 g/mol. The zero-order valence-corrected chi connectivity index (χ0v) is 10.7. The molecule has 1 aromatic carbocycles. The number of hydrogen-bond acceptors (Lipinski definition) is 4. The first kappa shape index (κ1) is 13.2. The van der Waals surface area contributed by atoms with Crippen molar-refractivity contribution in [3.05, 3.63) is 69.8 Å². The molecule has 21 heavy (non-hydrogen) atoms. The number of aliphatic hydroxyl groups excluding tert-OH is 1. The monoisotopic (exact) mass is 287 g/mol. The molecule has 3 rings (SSSR count). The molecule has 0 amide bonds. The SMILES string of the molecule is O=[N+]([O-])c1ccc(C(O)c2c[nH]c3ncc(F)cc23)cc1. The van der Waals surface area contributed by atoms with Crippen LogP contribution in [0.4, 0.5) is 10.1 Å². The molecule has 0 saturated carbocycles. The minimum absolute atomic E-state index is 0.0578. The van der Waals surface area contributed by atoms with Crippen LogP contribution in [0, 0.1) is 15.9 Å². The zero-order valence-electron chi connectivity index (χ0n) is 10.7. The summed E-state index contributed by atoms with van der Waals surface area (Å²) in [6.07, 6.45) is 1.60. The molecular weight excluding hydrogens is 277 g/mol. The molecule has 2 heterocycles. The lowest BCUT2D eigenvalue weighted by Gasteiger charge is -2.09. The molecule has 0 aliphatic heterocycles. The number of non-ortho nitro benzene ring substituents is 1. The minimum atomic E-state index is -1.02. The summed E-state index contributed by atoms with van der Waals surface area (Å²) in [5, 5.41) is 21.4. The Bertz CT molecular complexity index is 814. The molecule has 3 aromatic rings. The van der Waals surface area contributed by atoms with Crippen molar-refractivity contribution in [2.24, 2.45) is 0 Å². The summed E-state index contributed by atoms with van der Waals surface area (Å²) in [6.45, 7) is 0. The van der Waals surface area contributed by atoms with Gasteiger partial charge in [-0.15, -0.1) is 0 Å². The number of hydrogen-bond donors (Lipinski definition) is 2. The fourth-order valence-corrected chi connectivity index (χ4v) is 2.18. The van der Waals surface area contributed by atoms with Crippen LogP contribution in [0.5, 0.6) is 0 Å². The zero-order chi connectivity index (χ0) is 15.0. The number of aromatic nitrogens is 2. The number of fused-ring (bicyclic) bond motifs is 1. The Labute approximate surface area is 118 Å². The summed E-state index contributed by atoms with van der Waals surface area (Å²) >= 11 is 0. The molecule has 0 aliphatic carbocycles. The Hall–Kier alpha value is -2.80. The van der Waals surface area contributed by atoms with Gasteiger partial charge in [-0.3, -0.25) is 10.1 Å². The van der Waals surface area contributed by atoms with Crippen LogP contribution < -0.4 is 0 Å². The van der Waals surface area contributed by atoms with E-state index in [1.807, 2.05) is 0 Å². The second-order valence-electron chi connectivity index (χ2n) is 4.54. The van der Waals surface area contributed by atoms with Crippen LogP contribution in [0.3, 0.4) is 0 Å². The number of pyridine rings is 1. The van der Waals surface area contributed by atoms with Crippen LogP contribution in [0.2, 0.25) is 0 Å². The Kier molecular flexibility index (Phi) is 3.11. The maximum absolute atomic E-state index is 13.3. The van der Waals surface area contributed by atoms with Crippen LogP contribution in [0.25, 0.3) is 11.0 Å². The quantitative estimate of drug-likeness (QED) is 0.572. The highest BCUT2D eigenvalue weighted by Crippen LogP contribution is 2.29. The predicted octanol–water partition coefficient (Wildman–Crippen LogP) is 2.69. The number of nitrogens with one attached hydrogen (secondary N) is 1. The fraction of sp³-hybridized carbons (Fsp3) is 0.0714. The molecule has 0 saturated heterocycles. The molecule has 6 nitrogen and oxygen atoms in total. The molecule has 0 bridgehead atoms. The predicted molar refractivity (Wildman–Crippen MR) is 73.2 cm³/mol. The Morgan fingerprint density at radius 2 is 2.05 bits per heavy atom. The number of H-pyrrole nitrogens is 1. The summed E-state index contributed by atoms with van der Waals surface area (Å²) in [5.41, 5.74) is 1.35. The fourth-order valence-electron chi connectivity index (χ4n) is 2.18. The van der Waals surface area contributed by atoms with Gasteiger partial charge in [-0.2, -0.15) is 0 Å². The number of nitro groups is 1. The van der Waals surface area contributed by atoms with Crippen molar-refractivity contribution in [1.82, 2.24) is 9.97 Å². The highest BCUT2D eigenvalue weighted by Gasteiger charge is 2.17. The van der Waals surface area contributed by atoms with E-state index in [0.717, 1.165) is 6.20 Å². The summed E-state index contributed by atoms with van der Waals surface area (Å²) < 4.78 is 13.3. The standard InChI is InChI=1S/C14H10FN3O3/c15-9-5-11-12(7-17-14(11)16-6-9)13(19)8-1-3-10(4-2-8)18(20)21/h1-7,13,19H,(H,16,17). The van der Waals surface area contributed by atoms with Crippen LogP contribution in [0.15, 0.2) is 42.7 Å². The van der Waals surface area contributed by atoms with E-state index in [-0.39, 0.29) is 5.69 Å². The third kappa shape index (κ3) is 2.34. The molecular formula is C14H10FN3O3. The van der Waals surface area contributed by atoms with Crippen molar-refractivity contribution in [2.75, 3.05) is 0 Å². The molecule has 1 unspecified atom stereocenters. The van der Waals surface area contributed by atoms with Crippen LogP contribution in [-0.2, 0) is 0 Å². The normalized spacial score (nSPS) is 12.5. The second-order valence-corrected chi connectivity index (χ2v) is 4.54. The molecule has 7 heteroatoms. The minimum Gasteiger partial charge on any atom is -0.384 e. The van der Waals surface area contributed by atoms with Gasteiger partial charge in [0.15, 0.2) is 0 Å². The number of nitro benzene ring substituents is 1. The van der Waals surface area contributed by atoms with Gasteiger partial charge < -0.3 is 10.1 Å². The highest BCUT2D eigenvalue weighted by atomic mass is 19.1. The average Bonchev–Trinajstić information content (AvgIpc) is 2.89. The van der Waals surface area contributed by atoms with Crippen LogP contribution in [0.1, 0.15) is 17.2 Å². The van der Waals surface area contributed by atoms with E-state index in [1.54, 1.807) is 6.20 Å². The van der Waals surface area contributed by atoms with Gasteiger partial charge in [0.2, 0.25) is 0 Å². The number of nitrogens with zero attached hydrogens (tertiary/aromatic N) is 2. The number of benzene rings is 1. The molecule has 106 valence electrons. The van der Waals surface area contributed by atoms with Gasteiger partial charge >= 0.3 is 0 Å². The van der Waals surface area contributed by atoms with Crippen molar-refractivity contribution >= 4 is 16.7 Å².